The Bertz CT molecular complexity index is 289. The molecular formula is C15H30O3. The van der Waals surface area contributed by atoms with Crippen LogP contribution in [0.4, 0.5) is 0 Å². The fourth-order valence-electron chi connectivity index (χ4n) is 3.25. The first-order valence-electron chi connectivity index (χ1n) is 7.13. The van der Waals surface area contributed by atoms with Gasteiger partial charge in [-0.25, -0.2) is 0 Å². The normalized spacial score (nSPS) is 49.3. The van der Waals surface area contributed by atoms with Gasteiger partial charge in [-0.15, -0.1) is 0 Å². The van der Waals surface area contributed by atoms with Gasteiger partial charge in [0.25, 0.3) is 0 Å². The van der Waals surface area contributed by atoms with E-state index in [4.69, 9.17) is 9.47 Å². The topological polar surface area (TPSA) is 38.7 Å². The number of ether oxygens (including phenoxy) is 2. The van der Waals surface area contributed by atoms with E-state index in [0.717, 1.165) is 6.42 Å². The minimum Gasteiger partial charge on any atom is -0.389 e. The molecule has 18 heavy (non-hydrogen) atoms. The SMILES string of the molecule is CCOCC1(C)OC(C)C(C)(CC)C(C)(O)C1C. The van der Waals surface area contributed by atoms with Gasteiger partial charge in [-0.2, -0.15) is 0 Å². The van der Waals surface area contributed by atoms with Gasteiger partial charge in [0.05, 0.1) is 23.9 Å². The third-order valence-electron chi connectivity index (χ3n) is 5.59. The molecule has 108 valence electrons. The summed E-state index contributed by atoms with van der Waals surface area (Å²) in [6.45, 7) is 15.6. The third-order valence-corrected chi connectivity index (χ3v) is 5.59. The quantitative estimate of drug-likeness (QED) is 0.842. The van der Waals surface area contributed by atoms with Crippen molar-refractivity contribution in [3.63, 3.8) is 0 Å². The highest BCUT2D eigenvalue weighted by atomic mass is 16.6. The Balaban J connectivity index is 3.06. The van der Waals surface area contributed by atoms with Crippen LogP contribution in [-0.4, -0.2) is 35.6 Å². The lowest BCUT2D eigenvalue weighted by Gasteiger charge is -2.60. The molecule has 5 unspecified atom stereocenters. The van der Waals surface area contributed by atoms with E-state index in [1.807, 2.05) is 20.8 Å². The average Bonchev–Trinajstić information content (AvgIpc) is 2.32. The molecule has 1 aliphatic rings. The van der Waals surface area contributed by atoms with Gasteiger partial charge < -0.3 is 14.6 Å². The Labute approximate surface area is 112 Å². The second-order valence-corrected chi connectivity index (χ2v) is 6.35. The molecule has 1 fully saturated rings. The summed E-state index contributed by atoms with van der Waals surface area (Å²) in [6.07, 6.45) is 0.912. The van der Waals surface area contributed by atoms with Crippen LogP contribution in [0.5, 0.6) is 0 Å². The van der Waals surface area contributed by atoms with Gasteiger partial charge in [-0.1, -0.05) is 20.8 Å². The molecule has 1 saturated heterocycles. The highest BCUT2D eigenvalue weighted by Crippen LogP contribution is 2.52. The molecule has 3 nitrogen and oxygen atoms in total. The van der Waals surface area contributed by atoms with Gasteiger partial charge in [-0.05, 0) is 34.1 Å². The monoisotopic (exact) mass is 258 g/mol. The number of aliphatic hydroxyl groups is 1. The summed E-state index contributed by atoms with van der Waals surface area (Å²) in [5, 5.41) is 11.0. The summed E-state index contributed by atoms with van der Waals surface area (Å²) >= 11 is 0. The second-order valence-electron chi connectivity index (χ2n) is 6.35. The van der Waals surface area contributed by atoms with E-state index in [1.165, 1.54) is 0 Å². The smallest absolute Gasteiger partial charge is 0.0943 e. The molecule has 0 amide bonds. The van der Waals surface area contributed by atoms with Crippen LogP contribution in [-0.2, 0) is 9.47 Å². The maximum Gasteiger partial charge on any atom is 0.0943 e. The minimum absolute atomic E-state index is 0.0131. The van der Waals surface area contributed by atoms with Crippen molar-refractivity contribution in [3.8, 4) is 0 Å². The van der Waals surface area contributed by atoms with E-state index in [-0.39, 0.29) is 17.4 Å². The van der Waals surface area contributed by atoms with Gasteiger partial charge in [0.1, 0.15) is 0 Å². The van der Waals surface area contributed by atoms with Crippen LogP contribution in [0.15, 0.2) is 0 Å². The largest absolute Gasteiger partial charge is 0.389 e. The van der Waals surface area contributed by atoms with Crippen molar-refractivity contribution >= 4 is 0 Å². The predicted molar refractivity (Wildman–Crippen MR) is 73.6 cm³/mol. The molecule has 0 saturated carbocycles. The molecule has 0 aromatic heterocycles. The van der Waals surface area contributed by atoms with Crippen molar-refractivity contribution in [3.05, 3.63) is 0 Å². The molecule has 0 bridgehead atoms. The van der Waals surface area contributed by atoms with Crippen LogP contribution in [0.25, 0.3) is 0 Å². The molecule has 0 aliphatic carbocycles. The van der Waals surface area contributed by atoms with E-state index < -0.39 is 11.2 Å². The Hall–Kier alpha value is -0.120. The van der Waals surface area contributed by atoms with Crippen molar-refractivity contribution < 1.29 is 14.6 Å². The third kappa shape index (κ3) is 2.21. The summed E-state index contributed by atoms with van der Waals surface area (Å²) in [5.41, 5.74) is -1.41. The lowest BCUT2D eigenvalue weighted by molar-refractivity contribution is -0.297. The number of hydrogen-bond donors (Lipinski definition) is 1. The van der Waals surface area contributed by atoms with Crippen LogP contribution in [0, 0.1) is 11.3 Å². The molecule has 1 aliphatic heterocycles. The van der Waals surface area contributed by atoms with E-state index in [9.17, 15) is 5.11 Å². The molecule has 0 aromatic rings. The summed E-state index contributed by atoms with van der Waals surface area (Å²) in [4.78, 5) is 0. The molecule has 5 atom stereocenters. The summed E-state index contributed by atoms with van der Waals surface area (Å²) in [5.74, 6) is 0.0256. The standard InChI is InChI=1S/C15H30O3/c1-8-13(5)12(4)18-14(6,10-17-9-2)11(3)15(13,7)16/h11-12,16H,8-10H2,1-7H3. The highest BCUT2D eigenvalue weighted by Gasteiger charge is 2.60. The lowest BCUT2D eigenvalue weighted by atomic mass is 9.58. The maximum atomic E-state index is 11.0. The van der Waals surface area contributed by atoms with Gasteiger partial charge in [0.15, 0.2) is 0 Å². The van der Waals surface area contributed by atoms with Crippen molar-refractivity contribution in [1.29, 1.82) is 0 Å². The Morgan fingerprint density at radius 3 is 2.17 bits per heavy atom. The molecule has 0 spiro atoms. The van der Waals surface area contributed by atoms with Crippen LogP contribution >= 0.6 is 0 Å². The summed E-state index contributed by atoms with van der Waals surface area (Å²) < 4.78 is 11.8. The van der Waals surface area contributed by atoms with Crippen LogP contribution in [0.1, 0.15) is 54.9 Å². The molecule has 1 heterocycles. The summed E-state index contributed by atoms with van der Waals surface area (Å²) in [7, 11) is 0. The molecule has 1 rings (SSSR count). The van der Waals surface area contributed by atoms with Crippen molar-refractivity contribution in [2.75, 3.05) is 13.2 Å². The fraction of sp³-hybridized carbons (Fsp3) is 1.00. The van der Waals surface area contributed by atoms with E-state index >= 15 is 0 Å². The predicted octanol–water partition coefficient (Wildman–Crippen LogP) is 3.00. The van der Waals surface area contributed by atoms with Gasteiger partial charge in [0.2, 0.25) is 0 Å². The molecular weight excluding hydrogens is 228 g/mol. The van der Waals surface area contributed by atoms with Gasteiger partial charge >= 0.3 is 0 Å². The number of rotatable bonds is 4. The van der Waals surface area contributed by atoms with Gasteiger partial charge in [-0.3, -0.25) is 0 Å². The minimum atomic E-state index is -0.759. The van der Waals surface area contributed by atoms with Crippen molar-refractivity contribution in [2.24, 2.45) is 11.3 Å². The second kappa shape index (κ2) is 5.10. The first-order chi connectivity index (χ1) is 8.15. The van der Waals surface area contributed by atoms with E-state index in [0.29, 0.717) is 13.2 Å². The van der Waals surface area contributed by atoms with E-state index in [1.54, 1.807) is 0 Å². The average molecular weight is 258 g/mol. The Kier molecular flexibility index (Phi) is 4.52. The van der Waals surface area contributed by atoms with Gasteiger partial charge in [0, 0.05) is 17.9 Å². The zero-order chi connectivity index (χ0) is 14.2. The van der Waals surface area contributed by atoms with Crippen molar-refractivity contribution in [1.82, 2.24) is 0 Å². The van der Waals surface area contributed by atoms with Crippen LogP contribution < -0.4 is 0 Å². The first-order valence-corrected chi connectivity index (χ1v) is 7.13. The number of hydrogen-bond acceptors (Lipinski definition) is 3. The Morgan fingerprint density at radius 2 is 1.72 bits per heavy atom. The lowest BCUT2D eigenvalue weighted by Crippen LogP contribution is -2.67. The molecule has 1 N–H and O–H groups in total. The molecule has 0 aromatic carbocycles. The zero-order valence-corrected chi connectivity index (χ0v) is 13.0. The maximum absolute atomic E-state index is 11.0. The fourth-order valence-corrected chi connectivity index (χ4v) is 3.25. The highest BCUT2D eigenvalue weighted by molar-refractivity contribution is 5.08. The summed E-state index contributed by atoms with van der Waals surface area (Å²) in [6, 6.07) is 0. The molecule has 0 radical (unpaired) electrons. The Morgan fingerprint density at radius 1 is 1.17 bits per heavy atom. The molecule has 3 heteroatoms. The van der Waals surface area contributed by atoms with Crippen LogP contribution in [0.3, 0.4) is 0 Å². The van der Waals surface area contributed by atoms with E-state index in [2.05, 4.69) is 27.7 Å². The first kappa shape index (κ1) is 15.9. The van der Waals surface area contributed by atoms with Crippen LogP contribution in [0.2, 0.25) is 0 Å². The zero-order valence-electron chi connectivity index (χ0n) is 13.0. The van der Waals surface area contributed by atoms with Crippen molar-refractivity contribution in [2.45, 2.75) is 72.2 Å².